The molecule has 0 rings (SSSR count). The number of primary amides is 1. The second-order valence-electron chi connectivity index (χ2n) is 5.92. The second kappa shape index (κ2) is 12.6. The molecule has 24 heavy (non-hydrogen) atoms. The van der Waals surface area contributed by atoms with Gasteiger partial charge in [0, 0.05) is 18.7 Å². The normalized spacial score (nSPS) is 10.5. The Bertz CT molecular complexity index is 519. The molecule has 0 aromatic carbocycles. The summed E-state index contributed by atoms with van der Waals surface area (Å²) in [5.74, 6) is -0.540. The van der Waals surface area contributed by atoms with Crippen molar-refractivity contribution in [2.45, 2.75) is 20.8 Å². The molecule has 0 aliphatic carbocycles. The Hall–Kier alpha value is -1.75. The molecule has 0 aliphatic rings. The first-order chi connectivity index (χ1) is 10.5. The van der Waals surface area contributed by atoms with Gasteiger partial charge in [-0.1, -0.05) is 27.0 Å². The van der Waals surface area contributed by atoms with E-state index in [0.29, 0.717) is 12.1 Å². The molecule has 0 spiro atoms. The number of carbonyl (C=O) groups is 2. The Morgan fingerprint density at radius 3 is 1.83 bits per heavy atom. The Morgan fingerprint density at radius 1 is 1.29 bits per heavy atom. The average Bonchev–Trinajstić information content (AvgIpc) is 2.33. The smallest absolute Gasteiger partial charge is 0.366 e. The Morgan fingerprint density at radius 2 is 1.62 bits per heavy atom. The molecule has 9 nitrogen and oxygen atoms in total. The van der Waals surface area contributed by atoms with Gasteiger partial charge in [-0.05, 0) is 32.5 Å². The lowest BCUT2D eigenvalue weighted by Gasteiger charge is -2.28. The fourth-order valence-electron chi connectivity index (χ4n) is 1.38. The first kappa shape index (κ1) is 27.1. The summed E-state index contributed by atoms with van der Waals surface area (Å²) in [5.41, 5.74) is 5.19. The molecule has 0 aromatic rings. The first-order valence-electron chi connectivity index (χ1n) is 6.72. The van der Waals surface area contributed by atoms with Crippen LogP contribution in [0, 0.1) is 5.41 Å². The summed E-state index contributed by atoms with van der Waals surface area (Å²) in [6.07, 6.45) is 1.06. The number of hydrogen-bond acceptors (Lipinski definition) is 5. The van der Waals surface area contributed by atoms with E-state index in [9.17, 15) is 9.59 Å². The van der Waals surface area contributed by atoms with Crippen molar-refractivity contribution in [2.75, 3.05) is 27.2 Å². The zero-order valence-corrected chi connectivity index (χ0v) is 15.7. The van der Waals surface area contributed by atoms with Crippen molar-refractivity contribution in [1.29, 1.82) is 0 Å². The van der Waals surface area contributed by atoms with E-state index >= 15 is 0 Å². The van der Waals surface area contributed by atoms with Crippen molar-refractivity contribution in [1.82, 2.24) is 10.2 Å². The van der Waals surface area contributed by atoms with E-state index in [2.05, 4.69) is 43.0 Å². The maximum absolute atomic E-state index is 11.3. The summed E-state index contributed by atoms with van der Waals surface area (Å²) in [6.45, 7) is 14.3. The van der Waals surface area contributed by atoms with Crippen molar-refractivity contribution in [3.8, 4) is 0 Å². The third kappa shape index (κ3) is 32.3. The van der Waals surface area contributed by atoms with Crippen molar-refractivity contribution in [3.05, 3.63) is 24.8 Å². The van der Waals surface area contributed by atoms with Crippen LogP contribution in [0.15, 0.2) is 24.8 Å². The predicted octanol–water partition coefficient (Wildman–Crippen LogP) is 0.271. The number of hydrogen-bond donors (Lipinski definition) is 4. The number of rotatable bonds is 6. The van der Waals surface area contributed by atoms with Crippen LogP contribution in [0.2, 0.25) is 0 Å². The van der Waals surface area contributed by atoms with E-state index in [4.69, 9.17) is 17.5 Å². The zero-order valence-electron chi connectivity index (χ0n) is 14.9. The van der Waals surface area contributed by atoms with Gasteiger partial charge in [0.1, 0.15) is 0 Å². The molecule has 0 radical (unpaired) electrons. The number of nitrogens with one attached hydrogen (secondary N) is 1. The first-order valence-corrected chi connectivity index (χ1v) is 8.11. The molecule has 5 N–H and O–H groups in total. The molecule has 0 fully saturated rings. The van der Waals surface area contributed by atoms with Crippen LogP contribution < -0.4 is 11.1 Å². The van der Waals surface area contributed by atoms with Crippen LogP contribution in [0.4, 0.5) is 0 Å². The molecule has 0 unspecified atom stereocenters. The van der Waals surface area contributed by atoms with Crippen molar-refractivity contribution in [3.63, 3.8) is 0 Å². The molecule has 2 amide bonds. The van der Waals surface area contributed by atoms with Gasteiger partial charge in [0.2, 0.25) is 11.8 Å². The molecule has 0 heterocycles. The molecule has 0 saturated heterocycles. The quantitative estimate of drug-likeness (QED) is 0.389. The minimum atomic E-state index is -4.67. The lowest BCUT2D eigenvalue weighted by atomic mass is 9.93. The maximum atomic E-state index is 11.3. The monoisotopic (exact) mass is 367 g/mol. The summed E-state index contributed by atoms with van der Waals surface area (Å²) in [7, 11) is -0.607. The average molecular weight is 367 g/mol. The molecule has 142 valence electrons. The zero-order chi connectivity index (χ0) is 20.1. The van der Waals surface area contributed by atoms with Gasteiger partial charge >= 0.3 is 10.4 Å². The van der Waals surface area contributed by atoms with Crippen molar-refractivity contribution in [2.24, 2.45) is 11.1 Å². The fourth-order valence-corrected chi connectivity index (χ4v) is 1.38. The van der Waals surface area contributed by atoms with E-state index in [1.165, 1.54) is 0 Å². The topological polar surface area (TPSA) is 150 Å². The molecule has 0 bridgehead atoms. The molecule has 10 heteroatoms. The Balaban J connectivity index is -0.000000361. The van der Waals surface area contributed by atoms with E-state index in [0.717, 1.165) is 12.6 Å². The molecule has 0 saturated carbocycles. The minimum Gasteiger partial charge on any atom is -0.366 e. The van der Waals surface area contributed by atoms with Crippen molar-refractivity contribution >= 4 is 22.2 Å². The largest absolute Gasteiger partial charge is 0.394 e. The molecule has 0 aliphatic heterocycles. The van der Waals surface area contributed by atoms with Gasteiger partial charge in [0.05, 0.1) is 0 Å². The minimum absolute atomic E-state index is 0.0585. The molecule has 0 atom stereocenters. The van der Waals surface area contributed by atoms with E-state index in [1.807, 2.05) is 14.1 Å². The summed E-state index contributed by atoms with van der Waals surface area (Å²) in [4.78, 5) is 22.8. The highest BCUT2D eigenvalue weighted by atomic mass is 32.3. The number of nitrogens with two attached hydrogens (primary N) is 1. The highest BCUT2D eigenvalue weighted by Gasteiger charge is 2.19. The summed E-state index contributed by atoms with van der Waals surface area (Å²) in [5, 5.41) is 2.86. The van der Waals surface area contributed by atoms with Crippen LogP contribution in [-0.2, 0) is 20.0 Å². The summed E-state index contributed by atoms with van der Waals surface area (Å²) in [6, 6.07) is 0. The standard InChI is InChI=1S/C11H22N2O.C3H5NO.H2O4S/c1-9(2)10(14)12-7-11(3,4)8-13(5)6;1-2-3(4)5;1-5(2,3)4/h1,7-8H2,2-6H3,(H,12,14);2H,1H2,(H2,4,5);(H2,1,2,3,4). The van der Waals surface area contributed by atoms with Gasteiger partial charge in [-0.2, -0.15) is 8.42 Å². The molecular formula is C14H29N3O6S. The third-order valence-corrected chi connectivity index (χ3v) is 2.06. The van der Waals surface area contributed by atoms with Crippen LogP contribution in [0.1, 0.15) is 20.8 Å². The maximum Gasteiger partial charge on any atom is 0.394 e. The second-order valence-corrected chi connectivity index (χ2v) is 6.81. The predicted molar refractivity (Wildman–Crippen MR) is 93.7 cm³/mol. The van der Waals surface area contributed by atoms with Gasteiger partial charge in [-0.25, -0.2) is 0 Å². The van der Waals surface area contributed by atoms with E-state index in [-0.39, 0.29) is 11.3 Å². The van der Waals surface area contributed by atoms with Crippen molar-refractivity contribution < 1.29 is 27.1 Å². The van der Waals surface area contributed by atoms with Crippen LogP contribution in [0.3, 0.4) is 0 Å². The van der Waals surface area contributed by atoms with Crippen LogP contribution in [0.5, 0.6) is 0 Å². The van der Waals surface area contributed by atoms with Gasteiger partial charge in [0.15, 0.2) is 0 Å². The lowest BCUT2D eigenvalue weighted by Crippen LogP contribution is -2.40. The SMILES string of the molecule is C=C(C)C(=O)NCC(C)(C)CN(C)C.C=CC(N)=O.O=S(=O)(O)O. The number of nitrogens with zero attached hydrogens (tertiary/aromatic N) is 1. The number of carbonyl (C=O) groups excluding carboxylic acids is 2. The van der Waals surface area contributed by atoms with Crippen LogP contribution in [-0.4, -0.2) is 61.4 Å². The molecule has 0 aromatic heterocycles. The van der Waals surface area contributed by atoms with E-state index in [1.54, 1.807) is 6.92 Å². The van der Waals surface area contributed by atoms with Gasteiger partial charge in [0.25, 0.3) is 0 Å². The summed E-state index contributed by atoms with van der Waals surface area (Å²) < 4.78 is 31.6. The highest BCUT2D eigenvalue weighted by molar-refractivity contribution is 7.79. The van der Waals surface area contributed by atoms with Gasteiger partial charge in [-0.3, -0.25) is 18.7 Å². The third-order valence-electron chi connectivity index (χ3n) is 2.06. The van der Waals surface area contributed by atoms with Crippen LogP contribution in [0.25, 0.3) is 0 Å². The number of amides is 2. The summed E-state index contributed by atoms with van der Waals surface area (Å²) >= 11 is 0. The van der Waals surface area contributed by atoms with Gasteiger partial charge in [-0.15, -0.1) is 0 Å². The fraction of sp³-hybridized carbons (Fsp3) is 0.571. The molecular weight excluding hydrogens is 338 g/mol. The van der Waals surface area contributed by atoms with Crippen LogP contribution >= 0.6 is 0 Å². The Kier molecular flexibility index (Phi) is 14.3. The van der Waals surface area contributed by atoms with Gasteiger partial charge < -0.3 is 16.0 Å². The Labute approximate surface area is 144 Å². The highest BCUT2D eigenvalue weighted by Crippen LogP contribution is 2.14. The lowest BCUT2D eigenvalue weighted by molar-refractivity contribution is -0.118. The van der Waals surface area contributed by atoms with E-state index < -0.39 is 16.3 Å².